The number of nitrogens with one attached hydrogen (secondary N) is 1. The van der Waals surface area contributed by atoms with Crippen LogP contribution in [0.3, 0.4) is 0 Å². The molecule has 0 aromatic carbocycles. The van der Waals surface area contributed by atoms with E-state index in [1.54, 1.807) is 23.5 Å². The lowest BCUT2D eigenvalue weighted by Crippen LogP contribution is -2.22. The number of hydrogen-bond acceptors (Lipinski definition) is 3. The van der Waals surface area contributed by atoms with Crippen molar-refractivity contribution in [2.75, 3.05) is 0 Å². The highest BCUT2D eigenvalue weighted by molar-refractivity contribution is 7.07. The van der Waals surface area contributed by atoms with Crippen molar-refractivity contribution in [2.24, 2.45) is 0 Å². The Morgan fingerprint density at radius 2 is 2.33 bits per heavy atom. The Hall–Kier alpha value is -1.39. The van der Waals surface area contributed by atoms with Crippen molar-refractivity contribution in [3.63, 3.8) is 0 Å². The van der Waals surface area contributed by atoms with Crippen molar-refractivity contribution in [1.82, 2.24) is 10.3 Å². The number of pyridine rings is 1. The van der Waals surface area contributed by atoms with E-state index < -0.39 is 0 Å². The van der Waals surface area contributed by atoms with Crippen molar-refractivity contribution >= 4 is 28.8 Å². The molecule has 0 saturated carbocycles. The third kappa shape index (κ3) is 3.31. The lowest BCUT2D eigenvalue weighted by Gasteiger charge is -2.06. The highest BCUT2D eigenvalue weighted by Crippen LogP contribution is 2.12. The molecule has 0 aliphatic carbocycles. The highest BCUT2D eigenvalue weighted by Gasteiger charge is 2.08. The van der Waals surface area contributed by atoms with Crippen molar-refractivity contribution in [2.45, 2.75) is 19.9 Å². The molecular weight excluding hydrogens is 268 g/mol. The Bertz CT molecular complexity index is 540. The highest BCUT2D eigenvalue weighted by atomic mass is 35.5. The number of aromatic nitrogens is 1. The smallest absolute Gasteiger partial charge is 0.251 e. The van der Waals surface area contributed by atoms with Gasteiger partial charge in [-0.1, -0.05) is 18.5 Å². The first-order valence-electron chi connectivity index (χ1n) is 5.64. The summed E-state index contributed by atoms with van der Waals surface area (Å²) in [5.74, 6) is -0.125. The van der Waals surface area contributed by atoms with E-state index in [4.69, 9.17) is 11.6 Å². The summed E-state index contributed by atoms with van der Waals surface area (Å²) in [5.41, 5.74) is 2.48. The van der Waals surface area contributed by atoms with Gasteiger partial charge in [0.1, 0.15) is 5.15 Å². The first-order valence-corrected chi connectivity index (χ1v) is 6.97. The summed E-state index contributed by atoms with van der Waals surface area (Å²) >= 11 is 7.50. The van der Waals surface area contributed by atoms with E-state index in [0.717, 1.165) is 17.7 Å². The van der Waals surface area contributed by atoms with E-state index >= 15 is 0 Å². The minimum Gasteiger partial charge on any atom is -0.348 e. The molecule has 2 heterocycles. The zero-order chi connectivity index (χ0) is 13.0. The maximum atomic E-state index is 12.0. The fourth-order valence-corrected chi connectivity index (χ4v) is 2.44. The molecule has 0 aliphatic rings. The van der Waals surface area contributed by atoms with Gasteiger partial charge >= 0.3 is 0 Å². The number of thiophene rings is 1. The van der Waals surface area contributed by atoms with Gasteiger partial charge in [-0.25, -0.2) is 4.98 Å². The van der Waals surface area contributed by atoms with E-state index in [9.17, 15) is 4.79 Å². The van der Waals surface area contributed by atoms with E-state index in [-0.39, 0.29) is 5.91 Å². The molecule has 2 rings (SSSR count). The van der Waals surface area contributed by atoms with Crippen LogP contribution < -0.4 is 5.32 Å². The second-order valence-corrected chi connectivity index (χ2v) is 5.00. The molecule has 0 atom stereocenters. The van der Waals surface area contributed by atoms with Gasteiger partial charge in [0.05, 0.1) is 0 Å². The monoisotopic (exact) mass is 280 g/mol. The summed E-state index contributed by atoms with van der Waals surface area (Å²) in [5, 5.41) is 7.21. The van der Waals surface area contributed by atoms with Crippen LogP contribution >= 0.6 is 22.9 Å². The van der Waals surface area contributed by atoms with Crippen molar-refractivity contribution in [3.05, 3.63) is 50.9 Å². The molecule has 0 radical (unpaired) electrons. The normalized spacial score (nSPS) is 10.3. The SMILES string of the molecule is CCc1cc(C(=O)NCc2ccsc2)cc(Cl)n1. The molecule has 0 bridgehead atoms. The van der Waals surface area contributed by atoms with E-state index in [1.807, 2.05) is 23.8 Å². The van der Waals surface area contributed by atoms with Gasteiger partial charge in [0.15, 0.2) is 0 Å². The molecule has 1 amide bonds. The molecule has 0 fully saturated rings. The van der Waals surface area contributed by atoms with Gasteiger partial charge < -0.3 is 5.32 Å². The number of hydrogen-bond donors (Lipinski definition) is 1. The summed E-state index contributed by atoms with van der Waals surface area (Å²) < 4.78 is 0. The summed E-state index contributed by atoms with van der Waals surface area (Å²) in [6.07, 6.45) is 0.755. The summed E-state index contributed by atoms with van der Waals surface area (Å²) in [6.45, 7) is 2.51. The average Bonchev–Trinajstić information content (AvgIpc) is 2.88. The molecule has 2 aromatic rings. The van der Waals surface area contributed by atoms with Crippen LogP contribution in [0.15, 0.2) is 29.0 Å². The Kier molecular flexibility index (Phi) is 4.33. The second-order valence-electron chi connectivity index (χ2n) is 3.84. The fraction of sp³-hybridized carbons (Fsp3) is 0.231. The number of amides is 1. The number of rotatable bonds is 4. The molecule has 0 unspecified atom stereocenters. The van der Waals surface area contributed by atoms with Gasteiger partial charge in [-0.3, -0.25) is 4.79 Å². The van der Waals surface area contributed by atoms with Gasteiger partial charge in [-0.15, -0.1) is 0 Å². The Morgan fingerprint density at radius 3 is 3.00 bits per heavy atom. The number of aryl methyl sites for hydroxylation is 1. The van der Waals surface area contributed by atoms with Gasteiger partial charge in [0.25, 0.3) is 5.91 Å². The summed E-state index contributed by atoms with van der Waals surface area (Å²) in [7, 11) is 0. The maximum absolute atomic E-state index is 12.0. The zero-order valence-electron chi connectivity index (χ0n) is 9.94. The summed E-state index contributed by atoms with van der Waals surface area (Å²) in [4.78, 5) is 16.1. The third-order valence-corrected chi connectivity index (χ3v) is 3.43. The topological polar surface area (TPSA) is 42.0 Å². The molecule has 0 saturated heterocycles. The van der Waals surface area contributed by atoms with Crippen LogP contribution in [0, 0.1) is 0 Å². The minimum atomic E-state index is -0.125. The number of nitrogens with zero attached hydrogens (tertiary/aromatic N) is 1. The third-order valence-electron chi connectivity index (χ3n) is 2.50. The van der Waals surface area contributed by atoms with Crippen LogP contribution in [0.2, 0.25) is 5.15 Å². The predicted octanol–water partition coefficient (Wildman–Crippen LogP) is 3.29. The first kappa shape index (κ1) is 13.1. The van der Waals surface area contributed by atoms with Crippen LogP contribution in [0.4, 0.5) is 0 Å². The van der Waals surface area contributed by atoms with Crippen molar-refractivity contribution in [1.29, 1.82) is 0 Å². The Labute approximate surface area is 115 Å². The average molecular weight is 281 g/mol. The van der Waals surface area contributed by atoms with Crippen LogP contribution in [-0.4, -0.2) is 10.9 Å². The van der Waals surface area contributed by atoms with Crippen LogP contribution in [-0.2, 0) is 13.0 Å². The maximum Gasteiger partial charge on any atom is 0.251 e. The second kappa shape index (κ2) is 5.98. The number of carbonyl (C=O) groups is 1. The molecule has 0 spiro atoms. The van der Waals surface area contributed by atoms with Crippen LogP contribution in [0.5, 0.6) is 0 Å². The minimum absolute atomic E-state index is 0.125. The molecule has 5 heteroatoms. The van der Waals surface area contributed by atoms with Crippen molar-refractivity contribution in [3.8, 4) is 0 Å². The number of carbonyl (C=O) groups excluding carboxylic acids is 1. The summed E-state index contributed by atoms with van der Waals surface area (Å²) in [6, 6.07) is 5.35. The largest absolute Gasteiger partial charge is 0.348 e. The fourth-order valence-electron chi connectivity index (χ4n) is 1.54. The lowest BCUT2D eigenvalue weighted by atomic mass is 10.2. The quantitative estimate of drug-likeness (QED) is 0.873. The van der Waals surface area contributed by atoms with Gasteiger partial charge in [0, 0.05) is 17.8 Å². The molecule has 18 heavy (non-hydrogen) atoms. The molecule has 94 valence electrons. The molecule has 1 N–H and O–H groups in total. The van der Waals surface area contributed by atoms with Crippen LogP contribution in [0.25, 0.3) is 0 Å². The lowest BCUT2D eigenvalue weighted by molar-refractivity contribution is 0.0950. The molecule has 0 aliphatic heterocycles. The molecule has 3 nitrogen and oxygen atoms in total. The Balaban J connectivity index is 2.06. The van der Waals surface area contributed by atoms with Gasteiger partial charge in [0.2, 0.25) is 0 Å². The predicted molar refractivity (Wildman–Crippen MR) is 74.1 cm³/mol. The Morgan fingerprint density at radius 1 is 1.50 bits per heavy atom. The van der Waals surface area contributed by atoms with Crippen LogP contribution in [0.1, 0.15) is 28.5 Å². The molecule has 2 aromatic heterocycles. The first-order chi connectivity index (χ1) is 8.69. The van der Waals surface area contributed by atoms with E-state index in [1.165, 1.54) is 0 Å². The van der Waals surface area contributed by atoms with Crippen molar-refractivity contribution < 1.29 is 4.79 Å². The van der Waals surface area contributed by atoms with Gasteiger partial charge in [-0.05, 0) is 40.9 Å². The van der Waals surface area contributed by atoms with Gasteiger partial charge in [-0.2, -0.15) is 11.3 Å². The molecular formula is C13H13ClN2OS. The zero-order valence-corrected chi connectivity index (χ0v) is 11.5. The van der Waals surface area contributed by atoms with E-state index in [0.29, 0.717) is 17.3 Å². The standard InChI is InChI=1S/C13H13ClN2OS/c1-2-11-5-10(6-12(14)16-11)13(17)15-7-9-3-4-18-8-9/h3-6,8H,2,7H2,1H3,(H,15,17). The number of halogens is 1. The van der Waals surface area contributed by atoms with E-state index in [2.05, 4.69) is 10.3 Å².